The van der Waals surface area contributed by atoms with Gasteiger partial charge in [0.2, 0.25) is 11.8 Å². The van der Waals surface area contributed by atoms with Crippen LogP contribution in [-0.4, -0.2) is 47.7 Å². The first kappa shape index (κ1) is 24.2. The van der Waals surface area contributed by atoms with E-state index in [1.807, 2.05) is 0 Å². The first-order chi connectivity index (χ1) is 16.9. The second-order valence-corrected chi connectivity index (χ2v) is 8.78. The van der Waals surface area contributed by atoms with Crippen LogP contribution >= 0.6 is 0 Å². The zero-order valence-corrected chi connectivity index (χ0v) is 19.5. The zero-order chi connectivity index (χ0) is 24.9. The highest BCUT2D eigenvalue weighted by Gasteiger charge is 2.47. The average molecular weight is 481 g/mol. The normalized spacial score (nSPS) is 19.3. The molecule has 10 heteroatoms. The van der Waals surface area contributed by atoms with E-state index < -0.39 is 10.8 Å². The van der Waals surface area contributed by atoms with Gasteiger partial charge in [-0.1, -0.05) is 12.8 Å². The Morgan fingerprint density at radius 2 is 1.74 bits per heavy atom. The molecule has 35 heavy (non-hydrogen) atoms. The van der Waals surface area contributed by atoms with E-state index >= 15 is 0 Å². The average Bonchev–Trinajstić information content (AvgIpc) is 3.11. The van der Waals surface area contributed by atoms with E-state index in [4.69, 9.17) is 4.74 Å². The standard InChI is InChI=1S/C25H28N4O6/c1-35-18-10-8-17(9-11-18)27-23(30)16-7-12-21(22(15-16)29(33)34)26-13-4-14-28-24(31)19-5-2-3-6-20(19)25(28)32/h7-12,15,19-20,26H,2-6,13-14H2,1H3,(H,27,30). The molecule has 2 aliphatic rings. The number of carbonyl (C=O) groups excluding carboxylic acids is 3. The van der Waals surface area contributed by atoms with E-state index in [-0.39, 0.29) is 47.1 Å². The predicted octanol–water partition coefficient (Wildman–Crippen LogP) is 3.83. The topological polar surface area (TPSA) is 131 Å². The van der Waals surface area contributed by atoms with Crippen molar-refractivity contribution >= 4 is 34.8 Å². The third kappa shape index (κ3) is 5.26. The number of carbonyl (C=O) groups is 3. The molecule has 0 radical (unpaired) electrons. The minimum absolute atomic E-state index is 0.0853. The first-order valence-electron chi connectivity index (χ1n) is 11.7. The van der Waals surface area contributed by atoms with E-state index in [2.05, 4.69) is 10.6 Å². The molecular weight excluding hydrogens is 452 g/mol. The number of methoxy groups -OCH3 is 1. The lowest BCUT2D eigenvalue weighted by molar-refractivity contribution is -0.384. The van der Waals surface area contributed by atoms with Crippen molar-refractivity contribution in [3.05, 3.63) is 58.1 Å². The number of nitro benzene ring substituents is 1. The van der Waals surface area contributed by atoms with Crippen LogP contribution in [0.2, 0.25) is 0 Å². The third-order valence-electron chi connectivity index (χ3n) is 6.61. The lowest BCUT2D eigenvalue weighted by Crippen LogP contribution is -2.33. The molecule has 1 aliphatic carbocycles. The number of likely N-dealkylation sites (tertiary alicyclic amines) is 1. The number of amides is 3. The van der Waals surface area contributed by atoms with Crippen LogP contribution in [0.4, 0.5) is 17.1 Å². The number of anilines is 2. The molecule has 2 unspecified atom stereocenters. The molecule has 1 aliphatic heterocycles. The van der Waals surface area contributed by atoms with Crippen molar-refractivity contribution in [3.63, 3.8) is 0 Å². The molecule has 1 saturated carbocycles. The molecular formula is C25H28N4O6. The Morgan fingerprint density at radius 3 is 2.34 bits per heavy atom. The number of rotatable bonds is 9. The van der Waals surface area contributed by atoms with E-state index in [1.54, 1.807) is 31.4 Å². The molecule has 10 nitrogen and oxygen atoms in total. The molecule has 4 rings (SSSR count). The largest absolute Gasteiger partial charge is 0.497 e. The number of imide groups is 1. The van der Waals surface area contributed by atoms with Crippen LogP contribution in [0, 0.1) is 22.0 Å². The molecule has 184 valence electrons. The van der Waals surface area contributed by atoms with Crippen molar-refractivity contribution in [2.75, 3.05) is 30.8 Å². The number of ether oxygens (including phenoxy) is 1. The maximum Gasteiger partial charge on any atom is 0.293 e. The highest BCUT2D eigenvalue weighted by atomic mass is 16.6. The molecule has 2 aromatic carbocycles. The maximum absolute atomic E-state index is 12.6. The zero-order valence-electron chi connectivity index (χ0n) is 19.5. The van der Waals surface area contributed by atoms with E-state index in [1.165, 1.54) is 23.1 Å². The molecule has 0 aromatic heterocycles. The summed E-state index contributed by atoms with van der Waals surface area (Å²) in [5.74, 6) is -0.358. The number of nitrogens with one attached hydrogen (secondary N) is 2. The second-order valence-electron chi connectivity index (χ2n) is 8.78. The molecule has 0 bridgehead atoms. The summed E-state index contributed by atoms with van der Waals surface area (Å²) in [6, 6.07) is 11.0. The number of nitro groups is 1. The SMILES string of the molecule is COc1ccc(NC(=O)c2ccc(NCCCN3C(=O)C4CCCCC4C3=O)c([N+](=O)[O-])c2)cc1. The van der Waals surface area contributed by atoms with Crippen LogP contribution in [0.3, 0.4) is 0 Å². The number of fused-ring (bicyclic) bond motifs is 1. The fourth-order valence-electron chi connectivity index (χ4n) is 4.76. The quantitative estimate of drug-likeness (QED) is 0.241. The smallest absolute Gasteiger partial charge is 0.293 e. The van der Waals surface area contributed by atoms with Gasteiger partial charge in [0.25, 0.3) is 11.6 Å². The first-order valence-corrected chi connectivity index (χ1v) is 11.7. The maximum atomic E-state index is 12.6. The second kappa shape index (κ2) is 10.5. The van der Waals surface area contributed by atoms with Gasteiger partial charge in [0.15, 0.2) is 0 Å². The Morgan fingerprint density at radius 1 is 1.09 bits per heavy atom. The summed E-state index contributed by atoms with van der Waals surface area (Å²) >= 11 is 0. The van der Waals surface area contributed by atoms with Crippen LogP contribution in [0.1, 0.15) is 42.5 Å². The minimum Gasteiger partial charge on any atom is -0.497 e. The van der Waals surface area contributed by atoms with E-state index in [0.29, 0.717) is 24.4 Å². The summed E-state index contributed by atoms with van der Waals surface area (Å²) < 4.78 is 5.09. The number of benzene rings is 2. The molecule has 2 aromatic rings. The van der Waals surface area contributed by atoms with Gasteiger partial charge in [0.05, 0.1) is 23.9 Å². The monoisotopic (exact) mass is 480 g/mol. The van der Waals surface area contributed by atoms with Crippen molar-refractivity contribution in [3.8, 4) is 5.75 Å². The predicted molar refractivity (Wildman–Crippen MR) is 129 cm³/mol. The van der Waals surface area contributed by atoms with Gasteiger partial charge in [-0.25, -0.2) is 0 Å². The highest BCUT2D eigenvalue weighted by Crippen LogP contribution is 2.38. The molecule has 2 atom stereocenters. The van der Waals surface area contributed by atoms with Crippen molar-refractivity contribution < 1.29 is 24.0 Å². The van der Waals surface area contributed by atoms with Gasteiger partial charge in [-0.2, -0.15) is 0 Å². The lowest BCUT2D eigenvalue weighted by atomic mass is 9.81. The number of hydrogen-bond donors (Lipinski definition) is 2. The summed E-state index contributed by atoms with van der Waals surface area (Å²) in [6.45, 7) is 0.623. The van der Waals surface area contributed by atoms with Crippen LogP contribution in [-0.2, 0) is 9.59 Å². The summed E-state index contributed by atoms with van der Waals surface area (Å²) in [6.07, 6.45) is 3.97. The van der Waals surface area contributed by atoms with Gasteiger partial charge in [-0.3, -0.25) is 29.4 Å². The fraction of sp³-hybridized carbons (Fsp3) is 0.400. The van der Waals surface area contributed by atoms with Gasteiger partial charge in [-0.05, 0) is 55.7 Å². The fourth-order valence-corrected chi connectivity index (χ4v) is 4.76. The highest BCUT2D eigenvalue weighted by molar-refractivity contribution is 6.05. The molecule has 1 heterocycles. The van der Waals surface area contributed by atoms with Crippen molar-refractivity contribution in [1.82, 2.24) is 4.90 Å². The van der Waals surface area contributed by atoms with E-state index in [0.717, 1.165) is 25.7 Å². The summed E-state index contributed by atoms with van der Waals surface area (Å²) in [5.41, 5.74) is 0.718. The number of nitrogens with zero attached hydrogens (tertiary/aromatic N) is 2. The van der Waals surface area contributed by atoms with Crippen LogP contribution in [0.15, 0.2) is 42.5 Å². The molecule has 2 N–H and O–H groups in total. The summed E-state index contributed by atoms with van der Waals surface area (Å²) in [5, 5.41) is 17.3. The van der Waals surface area contributed by atoms with Crippen LogP contribution in [0.5, 0.6) is 5.75 Å². The van der Waals surface area contributed by atoms with Crippen molar-refractivity contribution in [2.45, 2.75) is 32.1 Å². The van der Waals surface area contributed by atoms with Crippen LogP contribution in [0.25, 0.3) is 0 Å². The Kier molecular flexibility index (Phi) is 7.28. The molecule has 2 fully saturated rings. The van der Waals surface area contributed by atoms with Crippen molar-refractivity contribution in [1.29, 1.82) is 0 Å². The van der Waals surface area contributed by atoms with Gasteiger partial charge >= 0.3 is 0 Å². The van der Waals surface area contributed by atoms with Crippen LogP contribution < -0.4 is 15.4 Å². The molecule has 3 amide bonds. The Balaban J connectivity index is 1.35. The molecule has 0 spiro atoms. The molecule has 1 saturated heterocycles. The lowest BCUT2D eigenvalue weighted by Gasteiger charge is -2.19. The van der Waals surface area contributed by atoms with Crippen molar-refractivity contribution in [2.24, 2.45) is 11.8 Å². The minimum atomic E-state index is -0.551. The summed E-state index contributed by atoms with van der Waals surface area (Å²) in [7, 11) is 1.54. The Labute approximate surface area is 202 Å². The Bertz CT molecular complexity index is 1110. The number of hydrogen-bond acceptors (Lipinski definition) is 7. The van der Waals surface area contributed by atoms with Gasteiger partial charge < -0.3 is 15.4 Å². The van der Waals surface area contributed by atoms with Gasteiger partial charge in [0, 0.05) is 30.4 Å². The summed E-state index contributed by atoms with van der Waals surface area (Å²) in [4.78, 5) is 50.1. The Hall–Kier alpha value is -3.95. The van der Waals surface area contributed by atoms with E-state index in [9.17, 15) is 24.5 Å². The van der Waals surface area contributed by atoms with Gasteiger partial charge in [-0.15, -0.1) is 0 Å². The van der Waals surface area contributed by atoms with Gasteiger partial charge in [0.1, 0.15) is 11.4 Å². The third-order valence-corrected chi connectivity index (χ3v) is 6.61.